The fraction of sp³-hybridized carbons (Fsp3) is 0.526. The van der Waals surface area contributed by atoms with Crippen LogP contribution in [0, 0.1) is 0 Å². The van der Waals surface area contributed by atoms with Crippen LogP contribution in [0.3, 0.4) is 0 Å². The van der Waals surface area contributed by atoms with Gasteiger partial charge in [-0.2, -0.15) is 0 Å². The molecule has 1 aliphatic heterocycles. The van der Waals surface area contributed by atoms with E-state index in [-0.39, 0.29) is 23.6 Å². The number of hydrogen-bond acceptors (Lipinski definition) is 8. The van der Waals surface area contributed by atoms with Gasteiger partial charge in [-0.05, 0) is 37.7 Å². The molecule has 0 aliphatic carbocycles. The number of ether oxygens (including phenoxy) is 2. The van der Waals surface area contributed by atoms with Crippen LogP contribution < -0.4 is 9.97 Å². The first-order valence-corrected chi connectivity index (χ1v) is 10.4. The first kappa shape index (κ1) is 23.1. The molecule has 0 saturated carbocycles. The number of para-hydroxylation sites is 1. The topological polar surface area (TPSA) is 111 Å². The molecule has 0 unspecified atom stereocenters. The molecule has 0 fully saturated rings. The van der Waals surface area contributed by atoms with Crippen molar-refractivity contribution in [2.75, 3.05) is 12.5 Å². The van der Waals surface area contributed by atoms with E-state index >= 15 is 0 Å². The summed E-state index contributed by atoms with van der Waals surface area (Å²) in [6.45, 7) is 6.60. The number of rotatable bonds is 8. The fourth-order valence-electron chi connectivity index (χ4n) is 2.83. The molecule has 1 aromatic carbocycles. The van der Waals surface area contributed by atoms with E-state index < -0.39 is 36.5 Å². The van der Waals surface area contributed by atoms with Crippen LogP contribution in [0.15, 0.2) is 18.2 Å². The Balaban J connectivity index is 2.02. The van der Waals surface area contributed by atoms with Gasteiger partial charge in [-0.25, -0.2) is 4.79 Å². The Bertz CT molecular complexity index is 771. The van der Waals surface area contributed by atoms with Gasteiger partial charge in [-0.3, -0.25) is 9.59 Å². The molecular formula is C19H26BNO7S. The van der Waals surface area contributed by atoms with Crippen LogP contribution in [0.5, 0.6) is 5.75 Å². The van der Waals surface area contributed by atoms with E-state index in [0.29, 0.717) is 12.0 Å². The molecule has 2 rings (SSSR count). The summed E-state index contributed by atoms with van der Waals surface area (Å²) in [7, 11) is -1.29. The molecule has 0 spiro atoms. The summed E-state index contributed by atoms with van der Waals surface area (Å²) in [6.07, 6.45) is 0.593. The monoisotopic (exact) mass is 423 g/mol. The first-order chi connectivity index (χ1) is 13.7. The van der Waals surface area contributed by atoms with E-state index in [9.17, 15) is 19.4 Å². The highest BCUT2D eigenvalue weighted by atomic mass is 32.2. The minimum atomic E-state index is -1.29. The molecular weight excluding hydrogens is 397 g/mol. The van der Waals surface area contributed by atoms with Crippen molar-refractivity contribution in [3.05, 3.63) is 29.3 Å². The van der Waals surface area contributed by atoms with Gasteiger partial charge in [0.25, 0.3) is 0 Å². The maximum absolute atomic E-state index is 12.4. The highest BCUT2D eigenvalue weighted by Crippen LogP contribution is 2.31. The number of carbonyl (C=O) groups is 3. The van der Waals surface area contributed by atoms with Gasteiger partial charge >= 0.3 is 19.1 Å². The number of fused-ring (bicyclic) bond motifs is 1. The molecule has 1 aromatic rings. The quantitative estimate of drug-likeness (QED) is 0.370. The van der Waals surface area contributed by atoms with Crippen LogP contribution in [-0.4, -0.2) is 53.2 Å². The molecule has 10 heteroatoms. The number of thioether (sulfide) groups is 1. The van der Waals surface area contributed by atoms with Crippen molar-refractivity contribution in [1.82, 2.24) is 5.32 Å². The number of nitrogens with one attached hydrogen (secondary N) is 1. The Morgan fingerprint density at radius 2 is 2.03 bits per heavy atom. The van der Waals surface area contributed by atoms with Gasteiger partial charge in [0.1, 0.15) is 16.1 Å². The van der Waals surface area contributed by atoms with Gasteiger partial charge in [0.15, 0.2) is 0 Å². The average molecular weight is 423 g/mol. The number of amides is 1. The minimum absolute atomic E-state index is 0.111. The van der Waals surface area contributed by atoms with Gasteiger partial charge in [-0.1, -0.05) is 26.0 Å². The molecule has 1 atom stereocenters. The van der Waals surface area contributed by atoms with Crippen molar-refractivity contribution >= 4 is 36.7 Å². The summed E-state index contributed by atoms with van der Waals surface area (Å²) in [5, 5.41) is 12.9. The van der Waals surface area contributed by atoms with Crippen molar-refractivity contribution in [2.24, 2.45) is 0 Å². The fourth-order valence-corrected chi connectivity index (χ4v) is 3.72. The maximum Gasteiger partial charge on any atom is 0.547 e. The Morgan fingerprint density at radius 1 is 1.31 bits per heavy atom. The zero-order chi connectivity index (χ0) is 21.6. The van der Waals surface area contributed by atoms with E-state index in [1.807, 2.05) is 6.92 Å². The van der Waals surface area contributed by atoms with Crippen LogP contribution in [0.2, 0.25) is 0 Å². The molecule has 8 nitrogen and oxygen atoms in total. The van der Waals surface area contributed by atoms with E-state index in [1.54, 1.807) is 32.9 Å². The first-order valence-electron chi connectivity index (χ1n) is 9.43. The van der Waals surface area contributed by atoms with Crippen molar-refractivity contribution < 1.29 is 33.5 Å². The predicted molar refractivity (Wildman–Crippen MR) is 110 cm³/mol. The van der Waals surface area contributed by atoms with Gasteiger partial charge in [0.2, 0.25) is 12.7 Å². The smallest absolute Gasteiger partial charge is 0.534 e. The molecule has 0 bridgehead atoms. The van der Waals surface area contributed by atoms with Crippen LogP contribution in [0.4, 0.5) is 0 Å². The average Bonchev–Trinajstić information content (AvgIpc) is 2.67. The van der Waals surface area contributed by atoms with Crippen LogP contribution in [0.1, 0.15) is 50.0 Å². The Labute approximate surface area is 174 Å². The lowest BCUT2D eigenvalue weighted by atomic mass is 9.72. The molecule has 1 amide bonds. The molecule has 29 heavy (non-hydrogen) atoms. The van der Waals surface area contributed by atoms with E-state index in [1.165, 1.54) is 17.8 Å². The second-order valence-corrected chi connectivity index (χ2v) is 8.85. The summed E-state index contributed by atoms with van der Waals surface area (Å²) in [5.41, 5.74) is 0.767. The summed E-state index contributed by atoms with van der Waals surface area (Å²) < 4.78 is 14.9. The van der Waals surface area contributed by atoms with E-state index in [0.717, 1.165) is 5.75 Å². The SMILES string of the molecule is CCSC(C)(C)C(=O)OCOC(=O)c1cccc2c1OB(O)[C@@H](NC(=O)CC)C2. The van der Waals surface area contributed by atoms with Gasteiger partial charge in [0.05, 0.1) is 5.94 Å². The van der Waals surface area contributed by atoms with Crippen LogP contribution in [-0.2, 0) is 25.5 Å². The summed E-state index contributed by atoms with van der Waals surface area (Å²) in [6, 6.07) is 4.90. The minimum Gasteiger partial charge on any atom is -0.534 e. The maximum atomic E-state index is 12.4. The third-order valence-electron chi connectivity index (χ3n) is 4.38. The normalized spacial score (nSPS) is 15.8. The van der Waals surface area contributed by atoms with Crippen LogP contribution >= 0.6 is 11.8 Å². The van der Waals surface area contributed by atoms with Crippen LogP contribution in [0.25, 0.3) is 0 Å². The van der Waals surface area contributed by atoms with Crippen molar-refractivity contribution in [3.8, 4) is 5.75 Å². The van der Waals surface area contributed by atoms with Crippen molar-refractivity contribution in [1.29, 1.82) is 0 Å². The lowest BCUT2D eigenvalue weighted by Crippen LogP contribution is -2.53. The van der Waals surface area contributed by atoms with Gasteiger partial charge in [0, 0.05) is 6.42 Å². The highest BCUT2D eigenvalue weighted by Gasteiger charge is 2.37. The number of hydrogen-bond donors (Lipinski definition) is 2. The Morgan fingerprint density at radius 3 is 2.69 bits per heavy atom. The van der Waals surface area contributed by atoms with Gasteiger partial charge < -0.3 is 24.5 Å². The third-order valence-corrected chi connectivity index (χ3v) is 5.56. The molecule has 0 saturated heterocycles. The highest BCUT2D eigenvalue weighted by molar-refractivity contribution is 8.01. The predicted octanol–water partition coefficient (Wildman–Crippen LogP) is 1.73. The Hall–Kier alpha value is -2.20. The largest absolute Gasteiger partial charge is 0.547 e. The van der Waals surface area contributed by atoms with E-state index in [2.05, 4.69) is 5.32 Å². The standard InChI is InChI=1S/C19H26BNO7S/c1-5-15(22)21-14-10-12-8-7-9-13(16(12)28-20(14)25)17(23)26-11-27-18(24)19(3,4)29-6-2/h7-9,14,25H,5-6,10-11H2,1-4H3,(H,21,22)/t14-/m0/s1. The number of carbonyl (C=O) groups excluding carboxylic acids is 3. The summed E-state index contributed by atoms with van der Waals surface area (Å²) >= 11 is 1.43. The Kier molecular flexibility index (Phi) is 7.98. The third kappa shape index (κ3) is 5.90. The molecule has 158 valence electrons. The zero-order valence-electron chi connectivity index (χ0n) is 17.0. The second kappa shape index (κ2) is 10.0. The van der Waals surface area contributed by atoms with Crippen molar-refractivity contribution in [3.63, 3.8) is 0 Å². The lowest BCUT2D eigenvalue weighted by molar-refractivity contribution is -0.154. The summed E-state index contributed by atoms with van der Waals surface area (Å²) in [4.78, 5) is 36.1. The van der Waals surface area contributed by atoms with Gasteiger partial charge in [-0.15, -0.1) is 11.8 Å². The zero-order valence-corrected chi connectivity index (χ0v) is 17.8. The summed E-state index contributed by atoms with van der Waals surface area (Å²) in [5.74, 6) is -1.09. The molecule has 1 aliphatic rings. The lowest BCUT2D eigenvalue weighted by Gasteiger charge is -2.29. The van der Waals surface area contributed by atoms with E-state index in [4.69, 9.17) is 14.1 Å². The molecule has 0 radical (unpaired) electrons. The molecule has 2 N–H and O–H groups in total. The number of esters is 2. The molecule has 0 aromatic heterocycles. The second-order valence-electron chi connectivity index (χ2n) is 6.96. The van der Waals surface area contributed by atoms with Crippen molar-refractivity contribution in [2.45, 2.75) is 51.2 Å². The number of benzene rings is 1. The molecule has 1 heterocycles.